The van der Waals surface area contributed by atoms with Crippen LogP contribution in [0.3, 0.4) is 0 Å². The van der Waals surface area contributed by atoms with Crippen LogP contribution >= 0.6 is 0 Å². The van der Waals surface area contributed by atoms with E-state index < -0.39 is 0 Å². The van der Waals surface area contributed by atoms with Crippen molar-refractivity contribution in [2.45, 2.75) is 45.6 Å². The van der Waals surface area contributed by atoms with Gasteiger partial charge in [-0.2, -0.15) is 0 Å². The molecule has 2 unspecified atom stereocenters. The van der Waals surface area contributed by atoms with Crippen LogP contribution in [0, 0.1) is 5.92 Å². The number of carbonyl (C=O) groups is 1. The highest BCUT2D eigenvalue weighted by Gasteiger charge is 2.13. The number of nitrogens with zero attached hydrogens (tertiary/aromatic N) is 1. The summed E-state index contributed by atoms with van der Waals surface area (Å²) >= 11 is 0. The number of anilines is 1. The van der Waals surface area contributed by atoms with E-state index in [0.29, 0.717) is 12.2 Å². The third-order valence-corrected chi connectivity index (χ3v) is 3.07. The Morgan fingerprint density at radius 2 is 2.11 bits per heavy atom. The van der Waals surface area contributed by atoms with Crippen molar-refractivity contribution in [1.82, 2.24) is 4.98 Å². The lowest BCUT2D eigenvalue weighted by atomic mass is 9.94. The standard InChI is InChI=1S/C14H23N3O/c1-10(4-3-5-11(2)15)13(18)8-12-6-7-17-14(16)9-12/h6-7,9-11H,3-5,8,15H2,1-2H3,(H2,16,17). The second kappa shape index (κ2) is 7.11. The molecule has 100 valence electrons. The molecule has 4 heteroatoms. The molecule has 1 aromatic rings. The number of ketones is 1. The van der Waals surface area contributed by atoms with Crippen molar-refractivity contribution in [2.75, 3.05) is 5.73 Å². The first-order chi connectivity index (χ1) is 8.49. The molecule has 4 N–H and O–H groups in total. The maximum atomic E-state index is 12.0. The zero-order valence-electron chi connectivity index (χ0n) is 11.2. The van der Waals surface area contributed by atoms with Crippen molar-refractivity contribution >= 4 is 11.6 Å². The molecular formula is C14H23N3O. The predicted octanol–water partition coefficient (Wildman–Crippen LogP) is 1.93. The molecule has 4 nitrogen and oxygen atoms in total. The van der Waals surface area contributed by atoms with Gasteiger partial charge in [0.15, 0.2) is 0 Å². The lowest BCUT2D eigenvalue weighted by Gasteiger charge is -2.11. The van der Waals surface area contributed by atoms with E-state index >= 15 is 0 Å². The minimum absolute atomic E-state index is 0.0816. The summed E-state index contributed by atoms with van der Waals surface area (Å²) in [5, 5.41) is 0. The van der Waals surface area contributed by atoms with Crippen molar-refractivity contribution in [3.8, 4) is 0 Å². The van der Waals surface area contributed by atoms with Crippen LogP contribution in [0.4, 0.5) is 5.82 Å². The van der Waals surface area contributed by atoms with E-state index in [2.05, 4.69) is 4.98 Å². The van der Waals surface area contributed by atoms with Gasteiger partial charge in [-0.3, -0.25) is 4.79 Å². The third-order valence-electron chi connectivity index (χ3n) is 3.07. The quantitative estimate of drug-likeness (QED) is 0.773. The summed E-state index contributed by atoms with van der Waals surface area (Å²) in [4.78, 5) is 15.9. The molecule has 0 radical (unpaired) electrons. The summed E-state index contributed by atoms with van der Waals surface area (Å²) in [7, 11) is 0. The Bertz CT molecular complexity index is 390. The number of rotatable bonds is 7. The number of Topliss-reactive ketones (excluding diaryl/α,β-unsaturated/α-hetero) is 1. The van der Waals surface area contributed by atoms with Crippen molar-refractivity contribution < 1.29 is 4.79 Å². The van der Waals surface area contributed by atoms with Gasteiger partial charge >= 0.3 is 0 Å². The minimum atomic E-state index is 0.0816. The second-order valence-corrected chi connectivity index (χ2v) is 5.04. The van der Waals surface area contributed by atoms with Gasteiger partial charge in [0.2, 0.25) is 0 Å². The van der Waals surface area contributed by atoms with Gasteiger partial charge in [0.25, 0.3) is 0 Å². The summed E-state index contributed by atoms with van der Waals surface area (Å²) in [6, 6.07) is 3.81. The number of nitrogens with two attached hydrogens (primary N) is 2. The summed E-state index contributed by atoms with van der Waals surface area (Å²) in [5.41, 5.74) is 12.2. The summed E-state index contributed by atoms with van der Waals surface area (Å²) in [6.07, 6.45) is 4.95. The van der Waals surface area contributed by atoms with Crippen LogP contribution in [-0.2, 0) is 11.2 Å². The average Bonchev–Trinajstić information content (AvgIpc) is 2.28. The van der Waals surface area contributed by atoms with Crippen LogP contribution in [-0.4, -0.2) is 16.8 Å². The molecule has 1 heterocycles. The maximum absolute atomic E-state index is 12.0. The molecule has 0 saturated heterocycles. The zero-order chi connectivity index (χ0) is 13.5. The van der Waals surface area contributed by atoms with Crippen LogP contribution in [0.1, 0.15) is 38.7 Å². The minimum Gasteiger partial charge on any atom is -0.384 e. The van der Waals surface area contributed by atoms with E-state index in [4.69, 9.17) is 11.5 Å². The fourth-order valence-electron chi connectivity index (χ4n) is 1.89. The lowest BCUT2D eigenvalue weighted by Crippen LogP contribution is -2.17. The summed E-state index contributed by atoms with van der Waals surface area (Å²) in [6.45, 7) is 3.97. The Hall–Kier alpha value is -1.42. The summed E-state index contributed by atoms with van der Waals surface area (Å²) in [5.74, 6) is 0.799. The highest BCUT2D eigenvalue weighted by molar-refractivity contribution is 5.83. The topological polar surface area (TPSA) is 82.0 Å². The molecule has 0 bridgehead atoms. The Morgan fingerprint density at radius 3 is 2.72 bits per heavy atom. The van der Waals surface area contributed by atoms with Crippen LogP contribution in [0.5, 0.6) is 0 Å². The molecule has 0 spiro atoms. The molecule has 2 atom stereocenters. The van der Waals surface area contributed by atoms with Crippen LogP contribution < -0.4 is 11.5 Å². The maximum Gasteiger partial charge on any atom is 0.140 e. The van der Waals surface area contributed by atoms with Crippen LogP contribution in [0.2, 0.25) is 0 Å². The van der Waals surface area contributed by atoms with Gasteiger partial charge in [0.1, 0.15) is 11.6 Å². The normalized spacial score (nSPS) is 14.2. The zero-order valence-corrected chi connectivity index (χ0v) is 11.2. The van der Waals surface area contributed by atoms with E-state index in [1.54, 1.807) is 12.3 Å². The van der Waals surface area contributed by atoms with Gasteiger partial charge in [-0.25, -0.2) is 4.98 Å². The molecule has 0 aliphatic heterocycles. The average molecular weight is 249 g/mol. The first-order valence-corrected chi connectivity index (χ1v) is 6.47. The molecule has 0 aliphatic carbocycles. The Balaban J connectivity index is 2.40. The first kappa shape index (κ1) is 14.6. The van der Waals surface area contributed by atoms with Gasteiger partial charge in [-0.15, -0.1) is 0 Å². The molecule has 0 aliphatic rings. The van der Waals surface area contributed by atoms with Crippen molar-refractivity contribution in [1.29, 1.82) is 0 Å². The highest BCUT2D eigenvalue weighted by Crippen LogP contribution is 2.14. The third kappa shape index (κ3) is 5.27. The largest absolute Gasteiger partial charge is 0.384 e. The number of carbonyl (C=O) groups excluding carboxylic acids is 1. The van der Waals surface area contributed by atoms with E-state index in [9.17, 15) is 4.79 Å². The van der Waals surface area contributed by atoms with Gasteiger partial charge in [-0.1, -0.05) is 13.3 Å². The highest BCUT2D eigenvalue weighted by atomic mass is 16.1. The van der Waals surface area contributed by atoms with E-state index in [-0.39, 0.29) is 17.7 Å². The first-order valence-electron chi connectivity index (χ1n) is 6.47. The predicted molar refractivity (Wildman–Crippen MR) is 74.0 cm³/mol. The number of hydrogen-bond acceptors (Lipinski definition) is 4. The number of hydrogen-bond donors (Lipinski definition) is 2. The monoisotopic (exact) mass is 249 g/mol. The van der Waals surface area contributed by atoms with Crippen molar-refractivity contribution in [3.05, 3.63) is 23.9 Å². The van der Waals surface area contributed by atoms with Crippen molar-refractivity contribution in [2.24, 2.45) is 11.7 Å². The van der Waals surface area contributed by atoms with Gasteiger partial charge in [0.05, 0.1) is 0 Å². The Morgan fingerprint density at radius 1 is 1.39 bits per heavy atom. The molecule has 0 aromatic carbocycles. The molecule has 1 aromatic heterocycles. The fourth-order valence-corrected chi connectivity index (χ4v) is 1.89. The van der Waals surface area contributed by atoms with Gasteiger partial charge in [0, 0.05) is 24.6 Å². The van der Waals surface area contributed by atoms with Crippen molar-refractivity contribution in [3.63, 3.8) is 0 Å². The molecule has 0 fully saturated rings. The number of pyridine rings is 1. The molecule has 0 saturated carbocycles. The van der Waals surface area contributed by atoms with E-state index in [1.165, 1.54) is 0 Å². The fraction of sp³-hybridized carbons (Fsp3) is 0.571. The SMILES string of the molecule is CC(N)CCCC(C)C(=O)Cc1ccnc(N)c1. The second-order valence-electron chi connectivity index (χ2n) is 5.04. The van der Waals surface area contributed by atoms with Crippen LogP contribution in [0.25, 0.3) is 0 Å². The molecule has 1 rings (SSSR count). The van der Waals surface area contributed by atoms with E-state index in [1.807, 2.05) is 19.9 Å². The molecule has 0 amide bonds. The summed E-state index contributed by atoms with van der Waals surface area (Å²) < 4.78 is 0. The Labute approximate surface area is 109 Å². The smallest absolute Gasteiger partial charge is 0.140 e. The van der Waals surface area contributed by atoms with Crippen LogP contribution in [0.15, 0.2) is 18.3 Å². The number of aromatic nitrogens is 1. The van der Waals surface area contributed by atoms with Gasteiger partial charge in [-0.05, 0) is 37.5 Å². The van der Waals surface area contributed by atoms with E-state index in [0.717, 1.165) is 24.8 Å². The number of nitrogen functional groups attached to an aromatic ring is 1. The lowest BCUT2D eigenvalue weighted by molar-refractivity contribution is -0.121. The molecular weight excluding hydrogens is 226 g/mol. The Kier molecular flexibility index (Phi) is 5.78. The molecule has 18 heavy (non-hydrogen) atoms. The van der Waals surface area contributed by atoms with Gasteiger partial charge < -0.3 is 11.5 Å².